The van der Waals surface area contributed by atoms with Gasteiger partial charge in [-0.2, -0.15) is 0 Å². The van der Waals surface area contributed by atoms with Crippen molar-refractivity contribution in [2.45, 2.75) is 13.3 Å². The Hall–Kier alpha value is -2.92. The number of thiazole rings is 1. The van der Waals surface area contributed by atoms with Crippen LogP contribution in [0.25, 0.3) is 11.6 Å². The zero-order valence-corrected chi connectivity index (χ0v) is 15.5. The molecule has 2 heterocycles. The van der Waals surface area contributed by atoms with Gasteiger partial charge in [-0.1, -0.05) is 48.6 Å². The van der Waals surface area contributed by atoms with E-state index in [0.717, 1.165) is 38.6 Å². The van der Waals surface area contributed by atoms with Gasteiger partial charge in [0.15, 0.2) is 4.80 Å². The van der Waals surface area contributed by atoms with Gasteiger partial charge in [0.2, 0.25) is 5.88 Å². The van der Waals surface area contributed by atoms with Crippen LogP contribution in [0.2, 0.25) is 0 Å². The molecule has 0 fully saturated rings. The van der Waals surface area contributed by atoms with Gasteiger partial charge in [-0.3, -0.25) is 9.56 Å². The molecule has 0 amide bonds. The molecule has 0 unspecified atom stereocenters. The van der Waals surface area contributed by atoms with Gasteiger partial charge in [0, 0.05) is 24.4 Å². The summed E-state index contributed by atoms with van der Waals surface area (Å²) in [6.45, 7) is 2.13. The quantitative estimate of drug-likeness (QED) is 0.713. The second kappa shape index (κ2) is 6.77. The first kappa shape index (κ1) is 16.5. The molecule has 0 aliphatic carbocycles. The predicted molar refractivity (Wildman–Crippen MR) is 108 cm³/mol. The second-order valence-electron chi connectivity index (χ2n) is 6.14. The monoisotopic (exact) mass is 361 g/mol. The normalized spacial score (nSPS) is 15.0. The minimum atomic E-state index is 0.212. The number of rotatable bonds is 3. The van der Waals surface area contributed by atoms with Crippen LogP contribution in [0.4, 0.5) is 11.4 Å². The number of benzene rings is 2. The molecule has 26 heavy (non-hydrogen) atoms. The van der Waals surface area contributed by atoms with Gasteiger partial charge in [0.1, 0.15) is 0 Å². The number of aromatic hydroxyl groups is 1. The molecule has 0 atom stereocenters. The molecule has 130 valence electrons. The molecule has 0 spiro atoms. The third-order valence-electron chi connectivity index (χ3n) is 4.44. The maximum absolute atomic E-state index is 10.5. The highest BCUT2D eigenvalue weighted by Gasteiger charge is 2.14. The Kier molecular flexibility index (Phi) is 4.31. The molecule has 1 N–H and O–H groups in total. The van der Waals surface area contributed by atoms with Crippen molar-refractivity contribution in [1.29, 1.82) is 0 Å². The summed E-state index contributed by atoms with van der Waals surface area (Å²) in [5.41, 5.74) is 5.20. The number of hydrogen-bond acceptors (Lipinski definition) is 4. The molecular weight excluding hydrogens is 342 g/mol. The van der Waals surface area contributed by atoms with Crippen LogP contribution < -0.4 is 4.80 Å². The molecule has 0 saturated heterocycles. The zero-order chi connectivity index (χ0) is 18.1. The minimum absolute atomic E-state index is 0.212. The van der Waals surface area contributed by atoms with Crippen molar-refractivity contribution >= 4 is 40.6 Å². The van der Waals surface area contributed by atoms with Gasteiger partial charge in [-0.25, -0.2) is 4.99 Å². The molecule has 1 aliphatic heterocycles. The van der Waals surface area contributed by atoms with E-state index in [1.165, 1.54) is 16.9 Å². The van der Waals surface area contributed by atoms with E-state index in [1.807, 2.05) is 55.7 Å². The number of aryl methyl sites for hydroxylation is 1. The Labute approximate surface area is 156 Å². The molecule has 5 heteroatoms. The minimum Gasteiger partial charge on any atom is -0.493 e. The van der Waals surface area contributed by atoms with E-state index in [4.69, 9.17) is 0 Å². The Bertz CT molecular complexity index is 1090. The Morgan fingerprint density at radius 3 is 2.69 bits per heavy atom. The van der Waals surface area contributed by atoms with Crippen molar-refractivity contribution in [2.75, 3.05) is 0 Å². The fourth-order valence-corrected chi connectivity index (χ4v) is 3.86. The summed E-state index contributed by atoms with van der Waals surface area (Å²) < 4.78 is 1.71. The van der Waals surface area contributed by atoms with Gasteiger partial charge in [-0.05, 0) is 36.3 Å². The average molecular weight is 361 g/mol. The van der Waals surface area contributed by atoms with Gasteiger partial charge >= 0.3 is 0 Å². The van der Waals surface area contributed by atoms with Crippen LogP contribution in [0.5, 0.6) is 5.88 Å². The Morgan fingerprint density at radius 2 is 1.92 bits per heavy atom. The van der Waals surface area contributed by atoms with Crippen LogP contribution in [-0.4, -0.2) is 15.9 Å². The van der Waals surface area contributed by atoms with Crippen LogP contribution in [0.1, 0.15) is 22.9 Å². The van der Waals surface area contributed by atoms with Crippen molar-refractivity contribution in [3.63, 3.8) is 0 Å². The lowest BCUT2D eigenvalue weighted by Gasteiger charge is -1.99. The molecule has 4 nitrogen and oxygen atoms in total. The largest absolute Gasteiger partial charge is 0.493 e. The number of aliphatic imine (C=N–C) groups is 1. The maximum Gasteiger partial charge on any atom is 0.210 e. The smallest absolute Gasteiger partial charge is 0.210 e. The summed E-state index contributed by atoms with van der Waals surface area (Å²) >= 11 is 1.46. The Balaban J connectivity index is 1.74. The molecule has 3 aromatic rings. The van der Waals surface area contributed by atoms with E-state index in [1.54, 1.807) is 4.57 Å². The van der Waals surface area contributed by atoms with E-state index in [9.17, 15) is 5.11 Å². The molecule has 4 rings (SSSR count). The van der Waals surface area contributed by atoms with Crippen molar-refractivity contribution in [3.05, 3.63) is 69.3 Å². The molecule has 0 saturated carbocycles. The highest BCUT2D eigenvalue weighted by molar-refractivity contribution is 7.10. The van der Waals surface area contributed by atoms with Crippen molar-refractivity contribution in [1.82, 2.24) is 4.57 Å². The highest BCUT2D eigenvalue weighted by atomic mass is 32.1. The first-order valence-electron chi connectivity index (χ1n) is 8.53. The number of allylic oxidation sites excluding steroid dienone is 1. The maximum atomic E-state index is 10.5. The topological polar surface area (TPSA) is 49.9 Å². The SMILES string of the molecule is CCc1ccc(N=c2sc(/C=C3\C=Nc4ccccc43)c(O)n2C)cc1. The number of fused-ring (bicyclic) bond motifs is 1. The van der Waals surface area contributed by atoms with E-state index in [2.05, 4.69) is 29.0 Å². The van der Waals surface area contributed by atoms with Crippen LogP contribution in [0.15, 0.2) is 58.5 Å². The third-order valence-corrected chi connectivity index (χ3v) is 5.51. The summed E-state index contributed by atoms with van der Waals surface area (Å²) in [4.78, 5) is 10.6. The first-order valence-corrected chi connectivity index (χ1v) is 9.35. The van der Waals surface area contributed by atoms with E-state index in [0.29, 0.717) is 0 Å². The number of hydrogen-bond donors (Lipinski definition) is 1. The van der Waals surface area contributed by atoms with E-state index in [-0.39, 0.29) is 5.88 Å². The van der Waals surface area contributed by atoms with Crippen LogP contribution in [0, 0.1) is 0 Å². The summed E-state index contributed by atoms with van der Waals surface area (Å²) in [7, 11) is 1.82. The van der Waals surface area contributed by atoms with E-state index >= 15 is 0 Å². The number of nitrogens with zero attached hydrogens (tertiary/aromatic N) is 3. The highest BCUT2D eigenvalue weighted by Crippen LogP contribution is 2.34. The van der Waals surface area contributed by atoms with Gasteiger partial charge in [0.25, 0.3) is 0 Å². The summed E-state index contributed by atoms with van der Waals surface area (Å²) in [6.07, 6.45) is 4.81. The zero-order valence-electron chi connectivity index (χ0n) is 14.7. The second-order valence-corrected chi connectivity index (χ2v) is 7.15. The van der Waals surface area contributed by atoms with Crippen molar-refractivity contribution in [2.24, 2.45) is 17.0 Å². The molecular formula is C21H19N3OS. The van der Waals surface area contributed by atoms with Crippen LogP contribution in [0.3, 0.4) is 0 Å². The van der Waals surface area contributed by atoms with Gasteiger partial charge in [0.05, 0.1) is 16.3 Å². The fraction of sp³-hybridized carbons (Fsp3) is 0.143. The molecule has 1 aromatic heterocycles. The van der Waals surface area contributed by atoms with Crippen LogP contribution in [-0.2, 0) is 13.5 Å². The van der Waals surface area contributed by atoms with Crippen molar-refractivity contribution in [3.8, 4) is 5.88 Å². The van der Waals surface area contributed by atoms with Crippen LogP contribution >= 0.6 is 11.3 Å². The van der Waals surface area contributed by atoms with Crippen molar-refractivity contribution < 1.29 is 5.11 Å². The summed E-state index contributed by atoms with van der Waals surface area (Å²) in [6, 6.07) is 16.2. The summed E-state index contributed by atoms with van der Waals surface area (Å²) in [5.74, 6) is 0.212. The molecule has 0 bridgehead atoms. The third kappa shape index (κ3) is 3.02. The Morgan fingerprint density at radius 1 is 1.15 bits per heavy atom. The predicted octanol–water partition coefficient (Wildman–Crippen LogP) is 4.84. The molecule has 2 aromatic carbocycles. The number of aromatic nitrogens is 1. The lowest BCUT2D eigenvalue weighted by molar-refractivity contribution is 0.427. The lowest BCUT2D eigenvalue weighted by Crippen LogP contribution is -2.08. The molecule has 0 radical (unpaired) electrons. The van der Waals surface area contributed by atoms with Gasteiger partial charge in [-0.15, -0.1) is 0 Å². The average Bonchev–Trinajstić information content (AvgIpc) is 3.20. The lowest BCUT2D eigenvalue weighted by atomic mass is 10.1. The molecule has 1 aliphatic rings. The summed E-state index contributed by atoms with van der Waals surface area (Å²) in [5, 5.41) is 10.5. The van der Waals surface area contributed by atoms with Gasteiger partial charge < -0.3 is 5.11 Å². The number of para-hydroxylation sites is 1. The standard InChI is InChI=1S/C21H19N3OS/c1-3-14-8-10-16(11-9-14)23-21-24(2)20(25)19(26-21)12-15-13-22-18-7-5-4-6-17(15)18/h4-13,25H,3H2,1-2H3/b15-12+,23-21?. The first-order chi connectivity index (χ1) is 12.7. The van der Waals surface area contributed by atoms with E-state index < -0.39 is 0 Å². The fourth-order valence-electron chi connectivity index (χ4n) is 2.87.